The maximum absolute atomic E-state index is 13.3. The topological polar surface area (TPSA) is 94.9 Å². The zero-order valence-electron chi connectivity index (χ0n) is 25.0. The maximum atomic E-state index is 13.3. The molecule has 7 nitrogen and oxygen atoms in total. The molecule has 1 heterocycles. The molecule has 0 amide bonds. The van der Waals surface area contributed by atoms with Gasteiger partial charge in [0.2, 0.25) is 0 Å². The van der Waals surface area contributed by atoms with Crippen LogP contribution in [0.25, 0.3) is 0 Å². The van der Waals surface area contributed by atoms with E-state index in [2.05, 4.69) is 51.1 Å². The van der Waals surface area contributed by atoms with Gasteiger partial charge in [0.25, 0.3) is 8.32 Å². The van der Waals surface area contributed by atoms with Crippen molar-refractivity contribution in [3.63, 3.8) is 0 Å². The van der Waals surface area contributed by atoms with Crippen LogP contribution in [0.1, 0.15) is 41.5 Å². The molecule has 0 bridgehead atoms. The molecule has 4 atom stereocenters. The molecule has 0 radical (unpaired) electrons. The summed E-state index contributed by atoms with van der Waals surface area (Å²) >= 11 is 0. The lowest BCUT2D eigenvalue weighted by Crippen LogP contribution is -2.67. The van der Waals surface area contributed by atoms with Crippen LogP contribution in [0, 0.1) is 11.3 Å². The maximum Gasteiger partial charge on any atom is 0.338 e. The van der Waals surface area contributed by atoms with E-state index in [1.807, 2.05) is 36.4 Å². The number of carbonyl (C=O) groups is 2. The highest BCUT2D eigenvalue weighted by Crippen LogP contribution is 2.38. The predicted octanol–water partition coefficient (Wildman–Crippen LogP) is 5.31. The molecule has 8 heteroatoms. The molecule has 1 unspecified atom stereocenters. The molecule has 44 heavy (non-hydrogen) atoms. The molecule has 1 saturated heterocycles. The Labute approximate surface area is 259 Å². The first-order valence-electron chi connectivity index (χ1n) is 14.6. The van der Waals surface area contributed by atoms with Crippen LogP contribution < -0.4 is 10.4 Å². The monoisotopic (exact) mass is 605 g/mol. The van der Waals surface area contributed by atoms with Crippen molar-refractivity contribution in [2.75, 3.05) is 6.61 Å². The van der Waals surface area contributed by atoms with E-state index in [1.54, 1.807) is 60.7 Å². The van der Waals surface area contributed by atoms with Crippen LogP contribution >= 0.6 is 0 Å². The molecule has 1 fully saturated rings. The summed E-state index contributed by atoms with van der Waals surface area (Å²) in [5, 5.41) is 11.9. The summed E-state index contributed by atoms with van der Waals surface area (Å²) < 4.78 is 25.1. The number of benzene rings is 4. The van der Waals surface area contributed by atoms with Gasteiger partial charge in [-0.05, 0) is 39.7 Å². The Kier molecular flexibility index (Phi) is 9.40. The lowest BCUT2D eigenvalue weighted by molar-refractivity contribution is -0.0373. The van der Waals surface area contributed by atoms with E-state index in [1.165, 1.54) is 0 Å². The zero-order valence-corrected chi connectivity index (χ0v) is 26.0. The van der Waals surface area contributed by atoms with Crippen molar-refractivity contribution in [1.82, 2.24) is 0 Å². The molecule has 0 N–H and O–H groups in total. The van der Waals surface area contributed by atoms with Crippen LogP contribution in [0.5, 0.6) is 0 Å². The minimum absolute atomic E-state index is 0.00240. The molecule has 4 aromatic rings. The first-order valence-corrected chi connectivity index (χ1v) is 16.5. The Hall–Kier alpha value is -4.55. The largest absolute Gasteiger partial charge is 0.452 e. The standard InChI is InChI=1S/C36H35NO6Si/c1-36(2,3)44(28-20-12-6-13-21-28,29-22-14-7-15-23-29)40-25-31-33(43-35(39)27-18-10-5-11-19-27)32(30(24-37)41-31)42-34(38)26-16-8-4-9-17-26/h4-23,30-33H,25H2,1-3H3/t30-,31+,32?,33-/m0/s1. The quantitative estimate of drug-likeness (QED) is 0.189. The second-order valence-corrected chi connectivity index (χ2v) is 16.0. The van der Waals surface area contributed by atoms with Crippen molar-refractivity contribution >= 4 is 30.6 Å². The average Bonchev–Trinajstić information content (AvgIpc) is 3.37. The molecule has 224 valence electrons. The number of ether oxygens (including phenoxy) is 3. The normalized spacial score (nSPS) is 20.0. The summed E-state index contributed by atoms with van der Waals surface area (Å²) in [5.74, 6) is -1.26. The summed E-state index contributed by atoms with van der Waals surface area (Å²) in [6.45, 7) is 6.47. The van der Waals surface area contributed by atoms with Crippen LogP contribution in [0.4, 0.5) is 0 Å². The number of carbonyl (C=O) groups excluding carboxylic acids is 2. The van der Waals surface area contributed by atoms with Gasteiger partial charge in [-0.3, -0.25) is 0 Å². The Morgan fingerprint density at radius 3 is 1.52 bits per heavy atom. The van der Waals surface area contributed by atoms with Crippen molar-refractivity contribution in [1.29, 1.82) is 5.26 Å². The molecular weight excluding hydrogens is 570 g/mol. The highest BCUT2D eigenvalue weighted by atomic mass is 28.4. The average molecular weight is 606 g/mol. The second kappa shape index (κ2) is 13.4. The number of hydrogen-bond acceptors (Lipinski definition) is 7. The van der Waals surface area contributed by atoms with Crippen molar-refractivity contribution < 1.29 is 28.2 Å². The van der Waals surface area contributed by atoms with E-state index < -0.39 is 44.7 Å². The van der Waals surface area contributed by atoms with Crippen molar-refractivity contribution in [2.45, 2.75) is 50.2 Å². The zero-order chi connectivity index (χ0) is 31.2. The Morgan fingerprint density at radius 1 is 0.705 bits per heavy atom. The molecule has 0 spiro atoms. The van der Waals surface area contributed by atoms with E-state index >= 15 is 0 Å². The molecule has 0 aliphatic carbocycles. The molecule has 5 rings (SSSR count). The van der Waals surface area contributed by atoms with E-state index in [0.29, 0.717) is 11.1 Å². The summed E-state index contributed by atoms with van der Waals surface area (Å²) in [6.07, 6.45) is -4.34. The van der Waals surface area contributed by atoms with Crippen LogP contribution in [0.2, 0.25) is 5.04 Å². The fourth-order valence-corrected chi connectivity index (χ4v) is 10.3. The van der Waals surface area contributed by atoms with E-state index in [4.69, 9.17) is 18.6 Å². The summed E-state index contributed by atoms with van der Waals surface area (Å²) in [7, 11) is -3.00. The third-order valence-electron chi connectivity index (χ3n) is 7.82. The number of rotatable bonds is 9. The van der Waals surface area contributed by atoms with Crippen LogP contribution in [0.3, 0.4) is 0 Å². The van der Waals surface area contributed by atoms with Gasteiger partial charge in [-0.25, -0.2) is 9.59 Å². The van der Waals surface area contributed by atoms with Gasteiger partial charge in [0.1, 0.15) is 6.10 Å². The van der Waals surface area contributed by atoms with Gasteiger partial charge in [-0.15, -0.1) is 0 Å². The van der Waals surface area contributed by atoms with Gasteiger partial charge in [0, 0.05) is 0 Å². The minimum atomic E-state index is -3.00. The molecule has 0 saturated carbocycles. The van der Waals surface area contributed by atoms with Crippen molar-refractivity contribution in [3.05, 3.63) is 132 Å². The highest BCUT2D eigenvalue weighted by molar-refractivity contribution is 6.99. The second-order valence-electron chi connectivity index (χ2n) is 11.7. The first kappa shape index (κ1) is 30.9. The van der Waals surface area contributed by atoms with Gasteiger partial charge in [0.05, 0.1) is 23.8 Å². The van der Waals surface area contributed by atoms with E-state index in [0.717, 1.165) is 10.4 Å². The molecular formula is C36H35NO6Si. The fraction of sp³-hybridized carbons (Fsp3) is 0.250. The lowest BCUT2D eigenvalue weighted by Gasteiger charge is -2.43. The van der Waals surface area contributed by atoms with Gasteiger partial charge < -0.3 is 18.6 Å². The predicted molar refractivity (Wildman–Crippen MR) is 169 cm³/mol. The van der Waals surface area contributed by atoms with Crippen molar-refractivity contribution in [2.24, 2.45) is 0 Å². The summed E-state index contributed by atoms with van der Waals surface area (Å²) in [4.78, 5) is 26.4. The third kappa shape index (κ3) is 6.36. The summed E-state index contributed by atoms with van der Waals surface area (Å²) in [6, 6.07) is 39.3. The van der Waals surface area contributed by atoms with Gasteiger partial charge in [-0.1, -0.05) is 118 Å². The van der Waals surface area contributed by atoms with Gasteiger partial charge in [-0.2, -0.15) is 5.26 Å². The number of nitrogens with zero attached hydrogens (tertiary/aromatic N) is 1. The van der Waals surface area contributed by atoms with Crippen LogP contribution in [-0.4, -0.2) is 51.3 Å². The first-order chi connectivity index (χ1) is 21.2. The Bertz CT molecular complexity index is 1550. The molecule has 0 aromatic heterocycles. The lowest BCUT2D eigenvalue weighted by atomic mass is 10.1. The number of nitriles is 1. The van der Waals surface area contributed by atoms with Gasteiger partial charge >= 0.3 is 11.9 Å². The van der Waals surface area contributed by atoms with E-state index in [-0.39, 0.29) is 11.6 Å². The highest BCUT2D eigenvalue weighted by Gasteiger charge is 2.54. The molecule has 1 aliphatic heterocycles. The smallest absolute Gasteiger partial charge is 0.338 e. The number of hydrogen-bond donors (Lipinski definition) is 0. The Balaban J connectivity index is 1.51. The third-order valence-corrected chi connectivity index (χ3v) is 12.8. The van der Waals surface area contributed by atoms with Crippen LogP contribution in [0.15, 0.2) is 121 Å². The van der Waals surface area contributed by atoms with Crippen LogP contribution in [-0.2, 0) is 18.6 Å². The molecule has 1 aliphatic rings. The minimum Gasteiger partial charge on any atom is -0.452 e. The van der Waals surface area contributed by atoms with E-state index in [9.17, 15) is 14.9 Å². The summed E-state index contributed by atoms with van der Waals surface area (Å²) in [5.41, 5.74) is 0.636. The van der Waals surface area contributed by atoms with Crippen molar-refractivity contribution in [3.8, 4) is 6.07 Å². The number of esters is 2. The SMILES string of the molecule is CC(C)(C)[Si](OC[C@H]1O[C@@H](C#N)C(OC(=O)c2ccccc2)[C@H]1OC(=O)c1ccccc1)(c1ccccc1)c1ccccc1. The Morgan fingerprint density at radius 2 is 1.11 bits per heavy atom. The molecule has 4 aromatic carbocycles. The van der Waals surface area contributed by atoms with Gasteiger partial charge in [0.15, 0.2) is 18.3 Å². The fourth-order valence-electron chi connectivity index (χ4n) is 5.74.